The third-order valence-electron chi connectivity index (χ3n) is 4.02. The number of anilines is 1. The van der Waals surface area contributed by atoms with Crippen molar-refractivity contribution in [2.45, 2.75) is 6.54 Å². The van der Waals surface area contributed by atoms with Crippen molar-refractivity contribution in [1.82, 2.24) is 14.5 Å². The zero-order valence-electron chi connectivity index (χ0n) is 13.8. The predicted molar refractivity (Wildman–Crippen MR) is 101 cm³/mol. The summed E-state index contributed by atoms with van der Waals surface area (Å²) in [5.41, 5.74) is 1.20. The molecule has 0 fully saturated rings. The molecule has 0 bridgehead atoms. The summed E-state index contributed by atoms with van der Waals surface area (Å²) in [6.07, 6.45) is 1.52. The number of nitrogens with one attached hydrogen (secondary N) is 1. The Bertz CT molecular complexity index is 1060. The predicted octanol–water partition coefficient (Wildman–Crippen LogP) is 2.68. The number of halogens is 2. The van der Waals surface area contributed by atoms with Crippen LogP contribution in [0, 0.1) is 0 Å². The van der Waals surface area contributed by atoms with Crippen LogP contribution in [0.25, 0.3) is 10.9 Å². The molecule has 7 nitrogen and oxygen atoms in total. The molecule has 26 heavy (non-hydrogen) atoms. The summed E-state index contributed by atoms with van der Waals surface area (Å²) in [4.78, 5) is 25.2. The number of amides is 1. The van der Waals surface area contributed by atoms with Crippen LogP contribution < -0.4 is 15.7 Å². The average molecular weight is 392 g/mol. The summed E-state index contributed by atoms with van der Waals surface area (Å²) < 4.78 is 7.27. The van der Waals surface area contributed by atoms with Crippen molar-refractivity contribution in [3.63, 3.8) is 0 Å². The summed E-state index contributed by atoms with van der Waals surface area (Å²) in [7, 11) is 1.58. The van der Waals surface area contributed by atoms with E-state index in [-0.39, 0.29) is 23.1 Å². The molecule has 0 aliphatic carbocycles. The highest BCUT2D eigenvalue weighted by Gasteiger charge is 2.18. The van der Waals surface area contributed by atoms with Gasteiger partial charge in [-0.2, -0.15) is 4.99 Å². The minimum atomic E-state index is -0.485. The topological polar surface area (TPSA) is 81.4 Å². The maximum atomic E-state index is 12.5. The third kappa shape index (κ3) is 3.00. The molecule has 1 aromatic carbocycles. The van der Waals surface area contributed by atoms with E-state index in [9.17, 15) is 4.79 Å². The van der Waals surface area contributed by atoms with E-state index >= 15 is 0 Å². The number of para-hydroxylation sites is 1. The second-order valence-corrected chi connectivity index (χ2v) is 5.81. The van der Waals surface area contributed by atoms with Gasteiger partial charge in [0.1, 0.15) is 22.2 Å². The molecule has 0 saturated carbocycles. The zero-order valence-corrected chi connectivity index (χ0v) is 15.3. The van der Waals surface area contributed by atoms with Crippen LogP contribution in [0.15, 0.2) is 41.5 Å². The number of carbonyl (C=O) groups excluding carboxylic acids is 1. The standard InChI is InChI=1S/C17H14ClN5O2.ClH/c1-25-12-6-2-4-10-13(12)21-17(23-9-8-20-15(10)23)22-16(24)11-5-3-7-19-14(11)18;/h2-7,20H,8-9H2,1H3;1H. The second kappa shape index (κ2) is 7.31. The molecule has 1 aliphatic rings. The van der Waals surface area contributed by atoms with E-state index in [2.05, 4.69) is 20.3 Å². The quantitative estimate of drug-likeness (QED) is 0.679. The molecule has 9 heteroatoms. The number of ether oxygens (including phenoxy) is 1. The molecule has 0 atom stereocenters. The van der Waals surface area contributed by atoms with E-state index in [0.29, 0.717) is 23.4 Å². The van der Waals surface area contributed by atoms with Gasteiger partial charge in [-0.05, 0) is 24.3 Å². The molecular formula is C17H15Cl2N5O2. The van der Waals surface area contributed by atoms with Crippen LogP contribution in [0.5, 0.6) is 5.75 Å². The first-order valence-electron chi connectivity index (χ1n) is 7.70. The smallest absolute Gasteiger partial charge is 0.283 e. The lowest BCUT2D eigenvalue weighted by molar-refractivity contribution is 0.0996. The maximum absolute atomic E-state index is 12.5. The molecule has 1 amide bonds. The summed E-state index contributed by atoms with van der Waals surface area (Å²) in [5.74, 6) is 1.01. The SMILES string of the molecule is COc1cccc2c3n(c(=NC(=O)c4cccnc4Cl)nc12)CCN3.Cl. The fourth-order valence-electron chi connectivity index (χ4n) is 2.87. The Labute approximate surface area is 160 Å². The van der Waals surface area contributed by atoms with E-state index < -0.39 is 5.91 Å². The van der Waals surface area contributed by atoms with Gasteiger partial charge in [-0.1, -0.05) is 17.7 Å². The van der Waals surface area contributed by atoms with Gasteiger partial charge in [0, 0.05) is 24.7 Å². The number of hydrogen-bond donors (Lipinski definition) is 1. The first kappa shape index (κ1) is 18.2. The molecule has 1 aliphatic heterocycles. The van der Waals surface area contributed by atoms with Crippen molar-refractivity contribution in [1.29, 1.82) is 0 Å². The third-order valence-corrected chi connectivity index (χ3v) is 4.32. The Balaban J connectivity index is 0.00000196. The van der Waals surface area contributed by atoms with Crippen LogP contribution in [0.2, 0.25) is 5.15 Å². The van der Waals surface area contributed by atoms with Gasteiger partial charge < -0.3 is 10.1 Å². The molecule has 0 spiro atoms. The highest BCUT2D eigenvalue weighted by Crippen LogP contribution is 2.29. The zero-order chi connectivity index (χ0) is 17.4. The summed E-state index contributed by atoms with van der Waals surface area (Å²) in [6.45, 7) is 1.41. The van der Waals surface area contributed by atoms with E-state index in [0.717, 1.165) is 17.7 Å². The van der Waals surface area contributed by atoms with Gasteiger partial charge in [-0.25, -0.2) is 9.97 Å². The molecule has 4 rings (SSSR count). The Morgan fingerprint density at radius 1 is 1.35 bits per heavy atom. The van der Waals surface area contributed by atoms with Crippen LogP contribution in [0.3, 0.4) is 0 Å². The fourth-order valence-corrected chi connectivity index (χ4v) is 3.07. The molecule has 3 aromatic rings. The second-order valence-electron chi connectivity index (χ2n) is 5.45. The van der Waals surface area contributed by atoms with Crippen molar-refractivity contribution >= 4 is 46.6 Å². The van der Waals surface area contributed by atoms with Crippen LogP contribution in [0.1, 0.15) is 10.4 Å². The lowest BCUT2D eigenvalue weighted by Crippen LogP contribution is -2.25. The monoisotopic (exact) mass is 391 g/mol. The van der Waals surface area contributed by atoms with Gasteiger partial charge in [0.15, 0.2) is 0 Å². The highest BCUT2D eigenvalue weighted by molar-refractivity contribution is 6.32. The Kier molecular flexibility index (Phi) is 5.11. The van der Waals surface area contributed by atoms with Crippen molar-refractivity contribution in [2.24, 2.45) is 4.99 Å². The van der Waals surface area contributed by atoms with E-state index in [4.69, 9.17) is 16.3 Å². The number of benzene rings is 1. The van der Waals surface area contributed by atoms with Crippen LogP contribution in [-0.4, -0.2) is 34.1 Å². The van der Waals surface area contributed by atoms with E-state index in [1.165, 1.54) is 6.20 Å². The van der Waals surface area contributed by atoms with Crippen LogP contribution in [-0.2, 0) is 6.54 Å². The van der Waals surface area contributed by atoms with Crippen molar-refractivity contribution in [3.05, 3.63) is 52.9 Å². The number of methoxy groups -OCH3 is 1. The number of carbonyl (C=O) groups is 1. The fraction of sp³-hybridized carbons (Fsp3) is 0.176. The van der Waals surface area contributed by atoms with Crippen molar-refractivity contribution in [2.75, 3.05) is 19.0 Å². The Hall–Kier alpha value is -2.64. The van der Waals surface area contributed by atoms with E-state index in [1.807, 2.05) is 22.8 Å². The van der Waals surface area contributed by atoms with Crippen molar-refractivity contribution < 1.29 is 9.53 Å². The van der Waals surface area contributed by atoms with Gasteiger partial charge in [0.25, 0.3) is 5.91 Å². The molecule has 3 heterocycles. The molecule has 1 N–H and O–H groups in total. The lowest BCUT2D eigenvalue weighted by Gasteiger charge is -2.10. The number of rotatable bonds is 2. The first-order chi connectivity index (χ1) is 12.2. The van der Waals surface area contributed by atoms with Gasteiger partial charge >= 0.3 is 0 Å². The Morgan fingerprint density at radius 2 is 2.19 bits per heavy atom. The largest absolute Gasteiger partial charge is 0.494 e. The van der Waals surface area contributed by atoms with Gasteiger partial charge in [-0.15, -0.1) is 12.4 Å². The van der Waals surface area contributed by atoms with Crippen molar-refractivity contribution in [3.8, 4) is 5.75 Å². The molecule has 0 unspecified atom stereocenters. The first-order valence-corrected chi connectivity index (χ1v) is 8.08. The van der Waals surface area contributed by atoms with E-state index in [1.54, 1.807) is 19.2 Å². The molecule has 2 aromatic heterocycles. The number of aromatic nitrogens is 3. The minimum absolute atomic E-state index is 0. The van der Waals surface area contributed by atoms with Crippen LogP contribution in [0.4, 0.5) is 5.82 Å². The minimum Gasteiger partial charge on any atom is -0.494 e. The summed E-state index contributed by atoms with van der Waals surface area (Å²) in [6, 6.07) is 8.92. The van der Waals surface area contributed by atoms with Crippen LogP contribution >= 0.6 is 24.0 Å². The average Bonchev–Trinajstić information content (AvgIpc) is 3.12. The highest BCUT2D eigenvalue weighted by atomic mass is 35.5. The molecule has 134 valence electrons. The lowest BCUT2D eigenvalue weighted by atomic mass is 10.2. The number of fused-ring (bicyclic) bond motifs is 3. The summed E-state index contributed by atoms with van der Waals surface area (Å²) in [5, 5.41) is 4.36. The number of hydrogen-bond acceptors (Lipinski definition) is 5. The van der Waals surface area contributed by atoms with Gasteiger partial charge in [0.2, 0.25) is 5.62 Å². The Morgan fingerprint density at radius 3 is 2.96 bits per heavy atom. The number of nitrogens with zero attached hydrogens (tertiary/aromatic N) is 4. The van der Waals surface area contributed by atoms with Gasteiger partial charge in [0.05, 0.1) is 12.7 Å². The molecule has 0 radical (unpaired) electrons. The maximum Gasteiger partial charge on any atom is 0.283 e. The molecular weight excluding hydrogens is 377 g/mol. The van der Waals surface area contributed by atoms with Gasteiger partial charge in [-0.3, -0.25) is 9.36 Å². The normalized spacial score (nSPS) is 13.1. The molecule has 0 saturated heterocycles. The number of pyridine rings is 1. The summed E-state index contributed by atoms with van der Waals surface area (Å²) >= 11 is 5.99.